The van der Waals surface area contributed by atoms with E-state index < -0.39 is 0 Å². The number of carbonyl (C=O) groups is 1. The maximum Gasteiger partial charge on any atom is 0.236 e. The molecule has 7 nitrogen and oxygen atoms in total. The average Bonchev–Trinajstić information content (AvgIpc) is 3.50. The number of benzene rings is 1. The van der Waals surface area contributed by atoms with Crippen molar-refractivity contribution in [3.8, 4) is 11.3 Å². The third-order valence-electron chi connectivity index (χ3n) is 4.93. The summed E-state index contributed by atoms with van der Waals surface area (Å²) in [6.07, 6.45) is 4.48. The van der Waals surface area contributed by atoms with Gasteiger partial charge in [0.15, 0.2) is 10.3 Å². The summed E-state index contributed by atoms with van der Waals surface area (Å²) in [5, 5.41) is 14.8. The minimum atomic E-state index is -0.128. The lowest BCUT2D eigenvalue weighted by atomic mass is 10.1. The number of rotatable bonds is 9. The number of thioether (sulfide) groups is 1. The first-order valence-electron chi connectivity index (χ1n) is 10.1. The zero-order chi connectivity index (χ0) is 22.5. The van der Waals surface area contributed by atoms with E-state index in [1.54, 1.807) is 0 Å². The molecule has 32 heavy (non-hydrogen) atoms. The van der Waals surface area contributed by atoms with E-state index in [2.05, 4.69) is 56.8 Å². The van der Waals surface area contributed by atoms with E-state index >= 15 is 0 Å². The van der Waals surface area contributed by atoms with Crippen molar-refractivity contribution in [3.63, 3.8) is 0 Å². The number of allylic oxidation sites excluding steroid dienone is 1. The predicted molar refractivity (Wildman–Crippen MR) is 130 cm³/mol. The molecule has 1 N–H and O–H groups in total. The van der Waals surface area contributed by atoms with Gasteiger partial charge in [-0.25, -0.2) is 4.98 Å². The van der Waals surface area contributed by atoms with Crippen molar-refractivity contribution in [1.82, 2.24) is 24.3 Å². The van der Waals surface area contributed by atoms with Crippen molar-refractivity contribution in [3.05, 3.63) is 77.7 Å². The molecular weight excluding hydrogens is 440 g/mol. The number of aryl methyl sites for hydroxylation is 2. The highest BCUT2D eigenvalue weighted by molar-refractivity contribution is 7.99. The third kappa shape index (κ3) is 5.17. The molecule has 3 aromatic heterocycles. The highest BCUT2D eigenvalue weighted by Crippen LogP contribution is 2.26. The molecule has 0 atom stereocenters. The van der Waals surface area contributed by atoms with Crippen LogP contribution in [0.2, 0.25) is 0 Å². The van der Waals surface area contributed by atoms with Gasteiger partial charge in [-0.3, -0.25) is 4.79 Å². The lowest BCUT2D eigenvalue weighted by molar-refractivity contribution is -0.113. The maximum absolute atomic E-state index is 12.5. The summed E-state index contributed by atoms with van der Waals surface area (Å²) in [5.41, 5.74) is 4.23. The Morgan fingerprint density at radius 1 is 1.25 bits per heavy atom. The summed E-state index contributed by atoms with van der Waals surface area (Å²) < 4.78 is 4.06. The summed E-state index contributed by atoms with van der Waals surface area (Å²) in [4.78, 5) is 17.0. The van der Waals surface area contributed by atoms with Crippen LogP contribution in [0.1, 0.15) is 17.1 Å². The molecule has 9 heteroatoms. The monoisotopic (exact) mass is 464 g/mol. The molecule has 0 aliphatic heterocycles. The van der Waals surface area contributed by atoms with E-state index in [9.17, 15) is 4.79 Å². The van der Waals surface area contributed by atoms with Gasteiger partial charge in [-0.2, -0.15) is 0 Å². The van der Waals surface area contributed by atoms with Gasteiger partial charge in [0.2, 0.25) is 5.91 Å². The molecular formula is C23H24N6OS2. The van der Waals surface area contributed by atoms with Gasteiger partial charge < -0.3 is 14.5 Å². The van der Waals surface area contributed by atoms with Crippen LogP contribution >= 0.6 is 23.1 Å². The standard InChI is InChI=1S/C23H24N6OS2/c1-4-11-29-20(13-18-6-5-12-28(18)3)26-27-23(29)32-15-21(30)25-22-24-19(14-31-22)17-9-7-16(2)8-10-17/h4-10,12,14H,1,11,13,15H2,2-3H3,(H,24,25,30). The lowest BCUT2D eigenvalue weighted by Gasteiger charge is -2.08. The molecule has 0 aliphatic rings. The fourth-order valence-corrected chi connectivity index (χ4v) is 4.69. The molecule has 0 bridgehead atoms. The van der Waals surface area contributed by atoms with Crippen LogP contribution in [-0.4, -0.2) is 36.0 Å². The van der Waals surface area contributed by atoms with E-state index in [0.29, 0.717) is 23.3 Å². The van der Waals surface area contributed by atoms with Crippen LogP contribution in [0.5, 0.6) is 0 Å². The highest BCUT2D eigenvalue weighted by Gasteiger charge is 2.15. The molecule has 0 saturated carbocycles. The molecule has 4 aromatic rings. The zero-order valence-electron chi connectivity index (χ0n) is 18.0. The Balaban J connectivity index is 1.38. The highest BCUT2D eigenvalue weighted by atomic mass is 32.2. The van der Waals surface area contributed by atoms with Gasteiger partial charge >= 0.3 is 0 Å². The van der Waals surface area contributed by atoms with E-state index in [0.717, 1.165) is 22.8 Å². The van der Waals surface area contributed by atoms with E-state index in [-0.39, 0.29) is 11.7 Å². The number of nitrogens with zero attached hydrogens (tertiary/aromatic N) is 5. The molecule has 0 aliphatic carbocycles. The number of nitrogens with one attached hydrogen (secondary N) is 1. The third-order valence-corrected chi connectivity index (χ3v) is 6.65. The second-order valence-electron chi connectivity index (χ2n) is 7.33. The molecule has 0 spiro atoms. The number of hydrogen-bond donors (Lipinski definition) is 1. The molecule has 0 fully saturated rings. The Labute approximate surface area is 195 Å². The number of hydrogen-bond acceptors (Lipinski definition) is 6. The van der Waals surface area contributed by atoms with Crippen molar-refractivity contribution in [2.24, 2.45) is 7.05 Å². The number of thiazole rings is 1. The lowest BCUT2D eigenvalue weighted by Crippen LogP contribution is -2.14. The Hall–Kier alpha value is -3.17. The van der Waals surface area contributed by atoms with Crippen LogP contribution in [0.3, 0.4) is 0 Å². The summed E-state index contributed by atoms with van der Waals surface area (Å²) in [6.45, 7) is 6.48. The maximum atomic E-state index is 12.5. The largest absolute Gasteiger partial charge is 0.354 e. The molecule has 1 amide bonds. The van der Waals surface area contributed by atoms with Crippen LogP contribution in [0, 0.1) is 6.92 Å². The molecule has 1 aromatic carbocycles. The van der Waals surface area contributed by atoms with Crippen LogP contribution in [0.25, 0.3) is 11.3 Å². The Morgan fingerprint density at radius 3 is 2.78 bits per heavy atom. The van der Waals surface area contributed by atoms with Crippen LogP contribution in [0.4, 0.5) is 5.13 Å². The number of amides is 1. The van der Waals surface area contributed by atoms with Gasteiger partial charge in [-0.05, 0) is 19.1 Å². The second-order valence-corrected chi connectivity index (χ2v) is 9.13. The van der Waals surface area contributed by atoms with Crippen LogP contribution in [-0.2, 0) is 24.8 Å². The molecule has 164 valence electrons. The minimum Gasteiger partial charge on any atom is -0.354 e. The number of carbonyl (C=O) groups excluding carboxylic acids is 1. The van der Waals surface area contributed by atoms with Gasteiger partial charge in [-0.15, -0.1) is 28.1 Å². The number of aromatic nitrogens is 5. The zero-order valence-corrected chi connectivity index (χ0v) is 19.6. The summed E-state index contributed by atoms with van der Waals surface area (Å²) in [7, 11) is 2.01. The quantitative estimate of drug-likeness (QED) is 0.290. The average molecular weight is 465 g/mol. The Morgan fingerprint density at radius 2 is 2.06 bits per heavy atom. The van der Waals surface area contributed by atoms with Crippen molar-refractivity contribution < 1.29 is 4.79 Å². The first kappa shape index (κ1) is 22.0. The normalized spacial score (nSPS) is 10.9. The topological polar surface area (TPSA) is 77.6 Å². The van der Waals surface area contributed by atoms with Crippen molar-refractivity contribution in [2.45, 2.75) is 25.0 Å². The van der Waals surface area contributed by atoms with Gasteiger partial charge in [-0.1, -0.05) is 47.7 Å². The fraction of sp³-hybridized carbons (Fsp3) is 0.217. The molecule has 0 saturated heterocycles. The molecule has 0 radical (unpaired) electrons. The predicted octanol–water partition coefficient (Wildman–Crippen LogP) is 4.56. The van der Waals surface area contributed by atoms with Gasteiger partial charge in [0, 0.05) is 42.8 Å². The summed E-state index contributed by atoms with van der Waals surface area (Å²) >= 11 is 2.77. The second kappa shape index (κ2) is 9.97. The number of anilines is 1. The molecule has 0 unspecified atom stereocenters. The first-order valence-corrected chi connectivity index (χ1v) is 12.0. The van der Waals surface area contributed by atoms with Crippen molar-refractivity contribution >= 4 is 34.1 Å². The Kier molecular flexibility index (Phi) is 6.87. The van der Waals surface area contributed by atoms with Gasteiger partial charge in [0.25, 0.3) is 0 Å². The van der Waals surface area contributed by atoms with Crippen LogP contribution in [0.15, 0.2) is 65.8 Å². The van der Waals surface area contributed by atoms with Gasteiger partial charge in [0.05, 0.1) is 11.4 Å². The van der Waals surface area contributed by atoms with Crippen molar-refractivity contribution in [1.29, 1.82) is 0 Å². The molecule has 4 rings (SSSR count). The molecule has 3 heterocycles. The van der Waals surface area contributed by atoms with Crippen molar-refractivity contribution in [2.75, 3.05) is 11.1 Å². The fourth-order valence-electron chi connectivity index (χ4n) is 3.18. The Bertz CT molecular complexity index is 1220. The van der Waals surface area contributed by atoms with Gasteiger partial charge in [0.1, 0.15) is 5.82 Å². The van der Waals surface area contributed by atoms with E-state index in [4.69, 9.17) is 0 Å². The van der Waals surface area contributed by atoms with E-state index in [1.807, 2.05) is 47.5 Å². The minimum absolute atomic E-state index is 0.128. The summed E-state index contributed by atoms with van der Waals surface area (Å²) in [5.74, 6) is 0.938. The summed E-state index contributed by atoms with van der Waals surface area (Å²) in [6, 6.07) is 12.2. The SMILES string of the molecule is C=CCn1c(Cc2cccn2C)nnc1SCC(=O)Nc1nc(-c2ccc(C)cc2)cs1. The first-order chi connectivity index (χ1) is 15.5. The smallest absolute Gasteiger partial charge is 0.236 e. The van der Waals surface area contributed by atoms with E-state index in [1.165, 1.54) is 28.7 Å². The van der Waals surface area contributed by atoms with Crippen LogP contribution < -0.4 is 5.32 Å².